The van der Waals surface area contributed by atoms with Crippen LogP contribution in [0.4, 0.5) is 0 Å². The fraction of sp³-hybridized carbons (Fsp3) is 0.0789. The first-order valence-electron chi connectivity index (χ1n) is 15.0. The van der Waals surface area contributed by atoms with Crippen LogP contribution in [-0.4, -0.2) is 14.5 Å². The minimum atomic E-state index is -0.312. The number of nitrogens with two attached hydrogens (primary N) is 1. The highest BCUT2D eigenvalue weighted by Crippen LogP contribution is 2.43. The molecule has 0 aliphatic carbocycles. The van der Waals surface area contributed by atoms with E-state index < -0.39 is 0 Å². The van der Waals surface area contributed by atoms with E-state index in [9.17, 15) is 0 Å². The fourth-order valence-corrected chi connectivity index (χ4v) is 6.87. The summed E-state index contributed by atoms with van der Waals surface area (Å²) in [6.45, 7) is 0. The maximum atomic E-state index is 6.96. The predicted molar refractivity (Wildman–Crippen MR) is 176 cm³/mol. The minimum Gasteiger partial charge on any atom is -0.455 e. The molecule has 3 N–H and O–H groups in total. The number of rotatable bonds is 5. The summed E-state index contributed by atoms with van der Waals surface area (Å²) >= 11 is 0. The van der Waals surface area contributed by atoms with Gasteiger partial charge in [0.1, 0.15) is 23.1 Å². The zero-order chi connectivity index (χ0) is 29.2. The zero-order valence-electron chi connectivity index (χ0n) is 23.8. The normalized spacial score (nSPS) is 17.8. The number of hydrogen-bond donors (Lipinski definition) is 2. The number of benzene rings is 5. The molecule has 8 aromatic rings. The average Bonchev–Trinajstić information content (AvgIpc) is 3.61. The van der Waals surface area contributed by atoms with Gasteiger partial charge in [0.25, 0.3) is 0 Å². The van der Waals surface area contributed by atoms with E-state index in [0.29, 0.717) is 0 Å². The second-order valence-corrected chi connectivity index (χ2v) is 11.4. The maximum absolute atomic E-state index is 6.96. The fourth-order valence-electron chi connectivity index (χ4n) is 6.87. The molecule has 1 aliphatic heterocycles. The molecule has 9 rings (SSSR count). The zero-order valence-corrected chi connectivity index (χ0v) is 23.8. The molecule has 1 fully saturated rings. The lowest BCUT2D eigenvalue weighted by Crippen LogP contribution is -2.60. The van der Waals surface area contributed by atoms with Crippen molar-refractivity contribution >= 4 is 43.7 Å². The molecule has 4 heterocycles. The number of hydrogen-bond acceptors (Lipinski definition) is 5. The summed E-state index contributed by atoms with van der Waals surface area (Å²) in [5.41, 5.74) is 14.1. The molecule has 1 aliphatic rings. The quantitative estimate of drug-likeness (QED) is 0.217. The molecular formula is C38H29N5O. The van der Waals surface area contributed by atoms with Crippen molar-refractivity contribution in [3.63, 3.8) is 0 Å². The van der Waals surface area contributed by atoms with Gasteiger partial charge in [0.15, 0.2) is 0 Å². The van der Waals surface area contributed by atoms with Crippen LogP contribution in [0.15, 0.2) is 144 Å². The molecule has 44 heavy (non-hydrogen) atoms. The lowest BCUT2D eigenvalue weighted by molar-refractivity contribution is -0.0708. The van der Waals surface area contributed by atoms with Crippen LogP contribution in [0.5, 0.6) is 0 Å². The van der Waals surface area contributed by atoms with Crippen LogP contribution in [0.25, 0.3) is 49.6 Å². The summed E-state index contributed by atoms with van der Waals surface area (Å²) in [5, 5.41) is 8.24. The molecule has 0 saturated carbocycles. The van der Waals surface area contributed by atoms with Crippen molar-refractivity contribution in [2.75, 3.05) is 0 Å². The van der Waals surface area contributed by atoms with Crippen LogP contribution in [-0.2, 0) is 0 Å². The van der Waals surface area contributed by atoms with Gasteiger partial charge in [-0.1, -0.05) is 103 Å². The van der Waals surface area contributed by atoms with Gasteiger partial charge in [-0.05, 0) is 47.5 Å². The first kappa shape index (κ1) is 25.2. The Balaban J connectivity index is 1.19. The summed E-state index contributed by atoms with van der Waals surface area (Å²) < 4.78 is 8.73. The van der Waals surface area contributed by atoms with Gasteiger partial charge in [-0.25, -0.2) is 9.88 Å². The second kappa shape index (κ2) is 9.89. The Kier molecular flexibility index (Phi) is 5.68. The average molecular weight is 572 g/mol. The van der Waals surface area contributed by atoms with E-state index in [2.05, 4.69) is 118 Å². The van der Waals surface area contributed by atoms with E-state index in [0.717, 1.165) is 60.8 Å². The Morgan fingerprint density at radius 1 is 0.636 bits per heavy atom. The SMILES string of the molecule is NC(c1ccccc1)N1C(c2ccccc2)N[C@H]1c1cccc(-n2c3ccccc3c3c4oc5ccccc5c4ccc32)n1. The lowest BCUT2D eigenvalue weighted by atomic mass is 10.0. The van der Waals surface area contributed by atoms with E-state index in [4.69, 9.17) is 15.1 Å². The monoisotopic (exact) mass is 571 g/mol. The third kappa shape index (κ3) is 3.76. The summed E-state index contributed by atoms with van der Waals surface area (Å²) in [5.74, 6) is 0.849. The highest BCUT2D eigenvalue weighted by atomic mass is 16.3. The number of nitrogens with zero attached hydrogens (tertiary/aromatic N) is 3. The molecule has 3 aromatic heterocycles. The standard InChI is InChI=1S/C38H29N5O/c39-36(24-12-3-1-4-13-24)43-37(25-14-5-2-6-15-25)41-38(43)29-18-11-21-33(40-29)42-30-19-9-7-17-28(30)34-31(42)23-22-27-26-16-8-10-20-32(26)44-35(27)34/h1-23,36-38,41H,39H2/t36?,37?,38-/m1/s1. The molecule has 1 saturated heterocycles. The van der Waals surface area contributed by atoms with E-state index >= 15 is 0 Å². The molecule has 2 unspecified atom stereocenters. The predicted octanol–water partition coefficient (Wildman–Crippen LogP) is 8.34. The Labute approximate surface area is 254 Å². The van der Waals surface area contributed by atoms with Crippen molar-refractivity contribution in [2.45, 2.75) is 18.5 Å². The topological polar surface area (TPSA) is 72.2 Å². The summed E-state index contributed by atoms with van der Waals surface area (Å²) in [4.78, 5) is 7.59. The van der Waals surface area contributed by atoms with Crippen molar-refractivity contribution < 1.29 is 4.42 Å². The number of nitrogens with one attached hydrogen (secondary N) is 1. The van der Waals surface area contributed by atoms with Gasteiger partial charge < -0.3 is 10.2 Å². The smallest absolute Gasteiger partial charge is 0.145 e. The molecule has 6 heteroatoms. The Morgan fingerprint density at radius 2 is 1.36 bits per heavy atom. The largest absolute Gasteiger partial charge is 0.455 e. The maximum Gasteiger partial charge on any atom is 0.145 e. The van der Waals surface area contributed by atoms with Crippen molar-refractivity contribution in [3.05, 3.63) is 156 Å². The molecule has 0 amide bonds. The van der Waals surface area contributed by atoms with Gasteiger partial charge in [-0.2, -0.15) is 0 Å². The van der Waals surface area contributed by atoms with Crippen LogP contribution < -0.4 is 11.1 Å². The third-order valence-corrected chi connectivity index (χ3v) is 8.93. The van der Waals surface area contributed by atoms with Crippen LogP contribution in [0.1, 0.15) is 35.3 Å². The third-order valence-electron chi connectivity index (χ3n) is 8.93. The first-order chi connectivity index (χ1) is 21.8. The Hall–Kier alpha value is -5.27. The van der Waals surface area contributed by atoms with Crippen molar-refractivity contribution in [2.24, 2.45) is 5.73 Å². The van der Waals surface area contributed by atoms with Crippen molar-refractivity contribution in [1.82, 2.24) is 19.8 Å². The Bertz CT molecular complexity index is 2270. The molecule has 3 atom stereocenters. The minimum absolute atomic E-state index is 0.0310. The van der Waals surface area contributed by atoms with Gasteiger partial charge in [0, 0.05) is 16.2 Å². The molecule has 0 bridgehead atoms. The van der Waals surface area contributed by atoms with Crippen molar-refractivity contribution in [3.8, 4) is 5.82 Å². The molecule has 6 nitrogen and oxygen atoms in total. The lowest BCUT2D eigenvalue weighted by Gasteiger charge is -2.52. The van der Waals surface area contributed by atoms with Gasteiger partial charge >= 0.3 is 0 Å². The summed E-state index contributed by atoms with van der Waals surface area (Å²) in [6.07, 6.45) is -0.505. The summed E-state index contributed by atoms with van der Waals surface area (Å²) in [6, 6.07) is 48.0. The van der Waals surface area contributed by atoms with E-state index in [1.54, 1.807) is 0 Å². The number of pyridine rings is 1. The van der Waals surface area contributed by atoms with Crippen LogP contribution >= 0.6 is 0 Å². The second-order valence-electron chi connectivity index (χ2n) is 11.4. The summed E-state index contributed by atoms with van der Waals surface area (Å²) in [7, 11) is 0. The number of aromatic nitrogens is 2. The Morgan fingerprint density at radius 3 is 2.20 bits per heavy atom. The van der Waals surface area contributed by atoms with Crippen LogP contribution in [0, 0.1) is 0 Å². The van der Waals surface area contributed by atoms with Crippen molar-refractivity contribution in [1.29, 1.82) is 0 Å². The number of furan rings is 1. The van der Waals surface area contributed by atoms with E-state index in [1.807, 2.05) is 36.4 Å². The highest BCUT2D eigenvalue weighted by Gasteiger charge is 2.44. The molecular weight excluding hydrogens is 542 g/mol. The molecule has 0 radical (unpaired) electrons. The van der Waals surface area contributed by atoms with Gasteiger partial charge in [0.05, 0.1) is 34.4 Å². The number of para-hydroxylation sites is 2. The molecule has 212 valence electrons. The van der Waals surface area contributed by atoms with E-state index in [-0.39, 0.29) is 18.5 Å². The van der Waals surface area contributed by atoms with Gasteiger partial charge in [0.2, 0.25) is 0 Å². The van der Waals surface area contributed by atoms with E-state index in [1.165, 1.54) is 5.56 Å². The molecule has 5 aromatic carbocycles. The van der Waals surface area contributed by atoms with Gasteiger partial charge in [-0.3, -0.25) is 9.88 Å². The van der Waals surface area contributed by atoms with Crippen LogP contribution in [0.2, 0.25) is 0 Å². The van der Waals surface area contributed by atoms with Gasteiger partial charge in [-0.15, -0.1) is 0 Å². The highest BCUT2D eigenvalue weighted by molar-refractivity contribution is 6.23. The van der Waals surface area contributed by atoms with Crippen LogP contribution in [0.3, 0.4) is 0 Å². The first-order valence-corrected chi connectivity index (χ1v) is 15.0. The number of fused-ring (bicyclic) bond motifs is 7. The molecule has 0 spiro atoms.